The van der Waals surface area contributed by atoms with Crippen LogP contribution in [0.4, 0.5) is 8.78 Å². The fourth-order valence-electron chi connectivity index (χ4n) is 3.21. The van der Waals surface area contributed by atoms with Crippen molar-refractivity contribution in [3.05, 3.63) is 69.4 Å². The molecular formula is C17H15F2N3O. The number of hydrogen-bond acceptors (Lipinski definition) is 2. The number of halogens is 2. The fraction of sp³-hybridized carbons (Fsp3) is 0.294. The quantitative estimate of drug-likeness (QED) is 0.729. The van der Waals surface area contributed by atoms with E-state index in [9.17, 15) is 13.6 Å². The van der Waals surface area contributed by atoms with E-state index in [4.69, 9.17) is 0 Å². The van der Waals surface area contributed by atoms with Crippen molar-refractivity contribution in [1.82, 2.24) is 14.2 Å². The molecule has 0 bridgehead atoms. The molecule has 0 N–H and O–H groups in total. The summed E-state index contributed by atoms with van der Waals surface area (Å²) in [7, 11) is 0. The third-order valence-electron chi connectivity index (χ3n) is 4.39. The Bertz CT molecular complexity index is 958. The first-order chi connectivity index (χ1) is 11.1. The Morgan fingerprint density at radius 3 is 2.78 bits per heavy atom. The van der Waals surface area contributed by atoms with Crippen LogP contribution in [0.15, 0.2) is 35.4 Å². The molecule has 118 valence electrons. The molecule has 0 saturated carbocycles. The van der Waals surface area contributed by atoms with Crippen LogP contribution in [-0.2, 0) is 19.4 Å². The SMILES string of the molecule is O=c1c2c3c(nn2ccn1Cc1ccc(F)cc1F)CCCC3. The van der Waals surface area contributed by atoms with E-state index >= 15 is 0 Å². The first-order valence-electron chi connectivity index (χ1n) is 7.67. The highest BCUT2D eigenvalue weighted by Gasteiger charge is 2.19. The molecule has 0 atom stereocenters. The Hall–Kier alpha value is -2.50. The summed E-state index contributed by atoms with van der Waals surface area (Å²) in [4.78, 5) is 12.7. The lowest BCUT2D eigenvalue weighted by Gasteiger charge is -2.10. The van der Waals surface area contributed by atoms with Gasteiger partial charge in [-0.1, -0.05) is 6.07 Å². The second-order valence-electron chi connectivity index (χ2n) is 5.89. The van der Waals surface area contributed by atoms with E-state index in [0.717, 1.165) is 43.0 Å². The third-order valence-corrected chi connectivity index (χ3v) is 4.39. The molecule has 2 aromatic heterocycles. The van der Waals surface area contributed by atoms with Crippen LogP contribution in [0, 0.1) is 11.6 Å². The third kappa shape index (κ3) is 2.34. The molecule has 6 heteroatoms. The molecule has 1 aliphatic rings. The van der Waals surface area contributed by atoms with Crippen LogP contribution in [0.5, 0.6) is 0 Å². The van der Waals surface area contributed by atoms with Crippen LogP contribution in [0.3, 0.4) is 0 Å². The van der Waals surface area contributed by atoms with Crippen molar-refractivity contribution in [1.29, 1.82) is 0 Å². The van der Waals surface area contributed by atoms with E-state index in [2.05, 4.69) is 5.10 Å². The number of nitrogens with zero attached hydrogens (tertiary/aromatic N) is 3. The minimum atomic E-state index is -0.646. The molecule has 0 spiro atoms. The van der Waals surface area contributed by atoms with Crippen molar-refractivity contribution >= 4 is 5.52 Å². The van der Waals surface area contributed by atoms with Gasteiger partial charge in [-0.05, 0) is 31.7 Å². The lowest BCUT2D eigenvalue weighted by Crippen LogP contribution is -2.23. The number of aromatic nitrogens is 3. The highest BCUT2D eigenvalue weighted by molar-refractivity contribution is 5.55. The van der Waals surface area contributed by atoms with Crippen LogP contribution in [0.2, 0.25) is 0 Å². The van der Waals surface area contributed by atoms with E-state index in [1.54, 1.807) is 16.9 Å². The normalized spacial score (nSPS) is 14.2. The molecule has 0 radical (unpaired) electrons. The average molecular weight is 315 g/mol. The Morgan fingerprint density at radius 1 is 1.13 bits per heavy atom. The van der Waals surface area contributed by atoms with Crippen LogP contribution in [-0.4, -0.2) is 14.2 Å². The van der Waals surface area contributed by atoms with Crippen LogP contribution >= 0.6 is 0 Å². The van der Waals surface area contributed by atoms with Gasteiger partial charge in [-0.3, -0.25) is 4.79 Å². The van der Waals surface area contributed by atoms with Crippen molar-refractivity contribution in [2.24, 2.45) is 0 Å². The van der Waals surface area contributed by atoms with Gasteiger partial charge in [0.25, 0.3) is 5.56 Å². The van der Waals surface area contributed by atoms with Gasteiger partial charge in [-0.25, -0.2) is 13.3 Å². The second-order valence-corrected chi connectivity index (χ2v) is 5.89. The smallest absolute Gasteiger partial charge is 0.277 e. The zero-order valence-corrected chi connectivity index (χ0v) is 12.4. The molecular weight excluding hydrogens is 300 g/mol. The summed E-state index contributed by atoms with van der Waals surface area (Å²) in [5.41, 5.74) is 2.66. The lowest BCUT2D eigenvalue weighted by molar-refractivity contribution is 0.564. The number of rotatable bonds is 2. The Kier molecular flexibility index (Phi) is 3.25. The van der Waals surface area contributed by atoms with E-state index < -0.39 is 11.6 Å². The predicted molar refractivity (Wildman–Crippen MR) is 81.6 cm³/mol. The summed E-state index contributed by atoms with van der Waals surface area (Å²) in [6.45, 7) is 0.0708. The van der Waals surface area contributed by atoms with Crippen molar-refractivity contribution in [3.8, 4) is 0 Å². The largest absolute Gasteiger partial charge is 0.308 e. The lowest BCUT2D eigenvalue weighted by atomic mass is 9.97. The van der Waals surface area contributed by atoms with Gasteiger partial charge in [0.2, 0.25) is 0 Å². The maximum absolute atomic E-state index is 13.8. The van der Waals surface area contributed by atoms with Gasteiger partial charge in [-0.2, -0.15) is 5.10 Å². The van der Waals surface area contributed by atoms with Crippen molar-refractivity contribution < 1.29 is 8.78 Å². The Morgan fingerprint density at radius 2 is 1.96 bits per heavy atom. The van der Waals surface area contributed by atoms with Crippen LogP contribution in [0.25, 0.3) is 5.52 Å². The monoisotopic (exact) mass is 315 g/mol. The average Bonchev–Trinajstić information content (AvgIpc) is 2.91. The van der Waals surface area contributed by atoms with Crippen molar-refractivity contribution in [3.63, 3.8) is 0 Å². The van der Waals surface area contributed by atoms with Gasteiger partial charge in [0.05, 0.1) is 12.2 Å². The van der Waals surface area contributed by atoms with Crippen molar-refractivity contribution in [2.75, 3.05) is 0 Å². The van der Waals surface area contributed by atoms with Gasteiger partial charge in [0.15, 0.2) is 0 Å². The summed E-state index contributed by atoms with van der Waals surface area (Å²) in [6, 6.07) is 3.40. The first kappa shape index (κ1) is 14.1. The number of hydrogen-bond donors (Lipinski definition) is 0. The van der Waals surface area contributed by atoms with E-state index in [0.29, 0.717) is 5.52 Å². The van der Waals surface area contributed by atoms with Gasteiger partial charge >= 0.3 is 0 Å². The van der Waals surface area contributed by atoms with Crippen LogP contribution in [0.1, 0.15) is 29.7 Å². The molecule has 0 fully saturated rings. The fourth-order valence-corrected chi connectivity index (χ4v) is 3.21. The minimum absolute atomic E-state index is 0.0708. The molecule has 1 aliphatic carbocycles. The highest BCUT2D eigenvalue weighted by atomic mass is 19.1. The predicted octanol–water partition coefficient (Wildman–Crippen LogP) is 2.70. The van der Waals surface area contributed by atoms with E-state index in [1.807, 2.05) is 0 Å². The Balaban J connectivity index is 1.82. The topological polar surface area (TPSA) is 39.3 Å². The first-order valence-corrected chi connectivity index (χ1v) is 7.67. The van der Waals surface area contributed by atoms with Crippen molar-refractivity contribution in [2.45, 2.75) is 32.2 Å². The van der Waals surface area contributed by atoms with Crippen LogP contribution < -0.4 is 5.56 Å². The standard InChI is InChI=1S/C17H15F2N3O/c18-12-6-5-11(14(19)9-12)10-21-7-8-22-16(17(21)23)13-3-1-2-4-15(13)20-22/h5-9H,1-4,10H2. The molecule has 0 amide bonds. The molecule has 3 aromatic rings. The maximum Gasteiger partial charge on any atom is 0.277 e. The molecule has 2 heterocycles. The number of benzene rings is 1. The van der Waals surface area contributed by atoms with Gasteiger partial charge in [0, 0.05) is 29.6 Å². The van der Waals surface area contributed by atoms with E-state index in [-0.39, 0.29) is 17.7 Å². The summed E-state index contributed by atoms with van der Waals surface area (Å²) in [6.07, 6.45) is 7.19. The van der Waals surface area contributed by atoms with Gasteiger partial charge in [-0.15, -0.1) is 0 Å². The number of fused-ring (bicyclic) bond motifs is 3. The van der Waals surface area contributed by atoms with Gasteiger partial charge in [0.1, 0.15) is 17.2 Å². The minimum Gasteiger partial charge on any atom is -0.308 e. The highest BCUT2D eigenvalue weighted by Crippen LogP contribution is 2.22. The molecule has 0 aliphatic heterocycles. The Labute approximate surface area is 131 Å². The molecule has 0 unspecified atom stereocenters. The molecule has 1 aromatic carbocycles. The molecule has 0 saturated heterocycles. The van der Waals surface area contributed by atoms with Gasteiger partial charge < -0.3 is 4.57 Å². The molecule has 4 nitrogen and oxygen atoms in total. The zero-order chi connectivity index (χ0) is 16.0. The summed E-state index contributed by atoms with van der Waals surface area (Å²) in [5, 5.41) is 4.47. The summed E-state index contributed by atoms with van der Waals surface area (Å²) in [5.74, 6) is -1.27. The molecule has 4 rings (SSSR count). The summed E-state index contributed by atoms with van der Waals surface area (Å²) >= 11 is 0. The number of aryl methyl sites for hydroxylation is 2. The summed E-state index contributed by atoms with van der Waals surface area (Å²) < 4.78 is 29.9. The van der Waals surface area contributed by atoms with E-state index in [1.165, 1.54) is 16.7 Å². The molecule has 23 heavy (non-hydrogen) atoms. The maximum atomic E-state index is 13.8. The zero-order valence-electron chi connectivity index (χ0n) is 12.4. The second kappa shape index (κ2) is 5.30.